The predicted molar refractivity (Wildman–Crippen MR) is 84.4 cm³/mol. The van der Waals surface area contributed by atoms with Crippen LogP contribution in [0.1, 0.15) is 24.8 Å². The second kappa shape index (κ2) is 8.49. The van der Waals surface area contributed by atoms with Crippen LogP contribution in [-0.4, -0.2) is 38.1 Å². The number of aryl methyl sites for hydroxylation is 1. The van der Waals surface area contributed by atoms with Crippen LogP contribution in [-0.2, 0) is 14.8 Å². The van der Waals surface area contributed by atoms with Crippen molar-refractivity contribution in [3.63, 3.8) is 0 Å². The number of unbranched alkanes of at least 4 members (excludes halogenated alkanes) is 1. The third kappa shape index (κ3) is 6.25. The lowest BCUT2D eigenvalue weighted by atomic mass is 10.1. The molecule has 0 fully saturated rings. The van der Waals surface area contributed by atoms with Crippen LogP contribution < -0.4 is 15.8 Å². The van der Waals surface area contributed by atoms with Crippen LogP contribution in [0.4, 0.5) is 4.79 Å². The summed E-state index contributed by atoms with van der Waals surface area (Å²) in [5.74, 6) is -1.23. The van der Waals surface area contributed by atoms with E-state index >= 15 is 0 Å². The van der Waals surface area contributed by atoms with E-state index in [0.29, 0.717) is 19.4 Å². The van der Waals surface area contributed by atoms with Gasteiger partial charge >= 0.3 is 12.0 Å². The molecule has 0 aromatic heterocycles. The molecule has 0 bridgehead atoms. The van der Waals surface area contributed by atoms with Gasteiger partial charge in [-0.2, -0.15) is 0 Å². The maximum absolute atomic E-state index is 12.0. The van der Waals surface area contributed by atoms with Gasteiger partial charge in [0.25, 0.3) is 10.0 Å². The molecule has 0 aliphatic rings. The van der Waals surface area contributed by atoms with Crippen molar-refractivity contribution in [2.75, 3.05) is 6.54 Å². The van der Waals surface area contributed by atoms with E-state index < -0.39 is 28.1 Å². The Morgan fingerprint density at radius 2 is 1.83 bits per heavy atom. The Balaban J connectivity index is 2.69. The van der Waals surface area contributed by atoms with E-state index in [9.17, 15) is 18.0 Å². The smallest absolute Gasteiger partial charge is 0.329 e. The van der Waals surface area contributed by atoms with Gasteiger partial charge in [0.1, 0.15) is 6.04 Å². The Morgan fingerprint density at radius 1 is 1.22 bits per heavy atom. The highest BCUT2D eigenvalue weighted by molar-refractivity contribution is 7.90. The molecule has 0 spiro atoms. The van der Waals surface area contributed by atoms with Gasteiger partial charge in [0.05, 0.1) is 4.90 Å². The van der Waals surface area contributed by atoms with Gasteiger partial charge in [-0.3, -0.25) is 0 Å². The quantitative estimate of drug-likeness (QED) is 0.509. The van der Waals surface area contributed by atoms with Gasteiger partial charge in [-0.1, -0.05) is 17.7 Å². The third-order valence-corrected chi connectivity index (χ3v) is 4.46. The molecule has 0 heterocycles. The lowest BCUT2D eigenvalue weighted by Crippen LogP contribution is -2.47. The number of benzene rings is 1. The van der Waals surface area contributed by atoms with Crippen LogP contribution in [0.25, 0.3) is 0 Å². The molecule has 128 valence electrons. The maximum Gasteiger partial charge on any atom is 0.329 e. The van der Waals surface area contributed by atoms with Crippen LogP contribution in [0, 0.1) is 6.92 Å². The van der Waals surface area contributed by atoms with Crippen LogP contribution in [0.15, 0.2) is 29.2 Å². The molecule has 8 nitrogen and oxygen atoms in total. The summed E-state index contributed by atoms with van der Waals surface area (Å²) >= 11 is 0. The van der Waals surface area contributed by atoms with E-state index in [1.165, 1.54) is 12.1 Å². The van der Waals surface area contributed by atoms with Gasteiger partial charge in [-0.05, 0) is 44.9 Å². The molecule has 1 aromatic carbocycles. The lowest BCUT2D eigenvalue weighted by molar-refractivity contribution is -0.139. The number of urea groups is 1. The summed E-state index contributed by atoms with van der Waals surface area (Å²) in [4.78, 5) is 22.8. The molecule has 0 aliphatic carbocycles. The van der Waals surface area contributed by atoms with Crippen molar-refractivity contribution in [2.24, 2.45) is 5.73 Å². The molecular formula is C14H21N3O5S. The van der Waals surface area contributed by atoms with Gasteiger partial charge in [-0.15, -0.1) is 0 Å². The average molecular weight is 343 g/mol. The zero-order valence-electron chi connectivity index (χ0n) is 12.8. The first-order valence-corrected chi connectivity index (χ1v) is 8.57. The average Bonchev–Trinajstić information content (AvgIpc) is 2.46. The molecule has 0 unspecified atom stereocenters. The second-order valence-corrected chi connectivity index (χ2v) is 6.75. The molecule has 9 heteroatoms. The molecule has 23 heavy (non-hydrogen) atoms. The minimum atomic E-state index is -4.05. The molecule has 0 saturated heterocycles. The number of aliphatic carboxylic acids is 1. The normalized spacial score (nSPS) is 12.4. The van der Waals surface area contributed by atoms with Crippen LogP contribution in [0.3, 0.4) is 0 Å². The largest absolute Gasteiger partial charge is 0.480 e. The fourth-order valence-electron chi connectivity index (χ4n) is 1.84. The van der Waals surface area contributed by atoms with Crippen molar-refractivity contribution in [3.8, 4) is 0 Å². The first-order valence-electron chi connectivity index (χ1n) is 7.09. The Labute approximate surface area is 135 Å². The summed E-state index contributed by atoms with van der Waals surface area (Å²) < 4.78 is 25.9. The Kier molecular flexibility index (Phi) is 6.98. The molecule has 1 atom stereocenters. The molecule has 0 radical (unpaired) electrons. The number of amides is 2. The molecule has 0 aliphatic heterocycles. The van der Waals surface area contributed by atoms with Crippen LogP contribution >= 0.6 is 0 Å². The van der Waals surface area contributed by atoms with Crippen LogP contribution in [0.5, 0.6) is 0 Å². The van der Waals surface area contributed by atoms with Crippen molar-refractivity contribution >= 4 is 22.0 Å². The first kappa shape index (κ1) is 18.9. The standard InChI is InChI=1S/C14H21N3O5S/c1-10-5-7-11(8-6-10)23(21,22)17-14(20)16-12(13(18)19)4-2-3-9-15/h5-8,12H,2-4,9,15H2,1H3,(H,18,19)(H2,16,17,20)/t12-/m0/s1. The number of sulfonamides is 1. The first-order chi connectivity index (χ1) is 10.8. The number of rotatable bonds is 8. The molecular weight excluding hydrogens is 322 g/mol. The monoisotopic (exact) mass is 343 g/mol. The maximum atomic E-state index is 12.0. The SMILES string of the molecule is Cc1ccc(S(=O)(=O)NC(=O)N[C@@H](CCCCN)C(=O)O)cc1. The van der Waals surface area contributed by atoms with Gasteiger partial charge in [0.2, 0.25) is 0 Å². The number of carbonyl (C=O) groups is 2. The summed E-state index contributed by atoms with van der Waals surface area (Å²) in [6.45, 7) is 2.22. The molecule has 1 rings (SSSR count). The number of nitrogens with two attached hydrogens (primary N) is 1. The summed E-state index contributed by atoms with van der Waals surface area (Å²) in [6.07, 6.45) is 1.30. The van der Waals surface area contributed by atoms with Gasteiger partial charge in [0.15, 0.2) is 0 Å². The van der Waals surface area contributed by atoms with Gasteiger partial charge < -0.3 is 16.2 Å². The van der Waals surface area contributed by atoms with E-state index in [1.807, 2.05) is 0 Å². The van der Waals surface area contributed by atoms with E-state index in [-0.39, 0.29) is 11.3 Å². The molecule has 0 saturated carbocycles. The predicted octanol–water partition coefficient (Wildman–Crippen LogP) is 0.565. The highest BCUT2D eigenvalue weighted by Crippen LogP contribution is 2.09. The number of carboxylic acids is 1. The number of hydrogen-bond donors (Lipinski definition) is 4. The summed E-state index contributed by atoms with van der Waals surface area (Å²) in [6, 6.07) is 3.67. The van der Waals surface area contributed by atoms with Crippen molar-refractivity contribution in [3.05, 3.63) is 29.8 Å². The van der Waals surface area contributed by atoms with Crippen molar-refractivity contribution < 1.29 is 23.1 Å². The minimum Gasteiger partial charge on any atom is -0.480 e. The highest BCUT2D eigenvalue weighted by atomic mass is 32.2. The number of hydrogen-bond acceptors (Lipinski definition) is 5. The Morgan fingerprint density at radius 3 is 2.35 bits per heavy atom. The number of carboxylic acid groups (broad SMARTS) is 1. The van der Waals surface area contributed by atoms with Crippen molar-refractivity contribution in [2.45, 2.75) is 37.1 Å². The second-order valence-electron chi connectivity index (χ2n) is 5.07. The van der Waals surface area contributed by atoms with E-state index in [2.05, 4.69) is 5.32 Å². The lowest BCUT2D eigenvalue weighted by Gasteiger charge is -2.15. The topological polar surface area (TPSA) is 139 Å². The Hall–Kier alpha value is -2.13. The Bertz CT molecular complexity index is 643. The fourth-order valence-corrected chi connectivity index (χ4v) is 2.75. The minimum absolute atomic E-state index is 0.0757. The molecule has 5 N–H and O–H groups in total. The molecule has 2 amide bonds. The third-order valence-electron chi connectivity index (χ3n) is 3.11. The molecule has 1 aromatic rings. The zero-order chi connectivity index (χ0) is 17.5. The summed E-state index contributed by atoms with van der Waals surface area (Å²) in [5.41, 5.74) is 6.20. The van der Waals surface area contributed by atoms with Gasteiger partial charge in [-0.25, -0.2) is 22.7 Å². The van der Waals surface area contributed by atoms with Crippen LogP contribution in [0.2, 0.25) is 0 Å². The summed E-state index contributed by atoms with van der Waals surface area (Å²) in [7, 11) is -4.05. The zero-order valence-corrected chi connectivity index (χ0v) is 13.6. The van der Waals surface area contributed by atoms with E-state index in [4.69, 9.17) is 10.8 Å². The number of nitrogens with one attached hydrogen (secondary N) is 2. The van der Waals surface area contributed by atoms with Gasteiger partial charge in [0, 0.05) is 0 Å². The van der Waals surface area contributed by atoms with Crippen molar-refractivity contribution in [1.82, 2.24) is 10.0 Å². The van der Waals surface area contributed by atoms with Crippen molar-refractivity contribution in [1.29, 1.82) is 0 Å². The van der Waals surface area contributed by atoms with E-state index in [0.717, 1.165) is 5.56 Å². The fraction of sp³-hybridized carbons (Fsp3) is 0.429. The number of carbonyl (C=O) groups excluding carboxylic acids is 1. The van der Waals surface area contributed by atoms with E-state index in [1.54, 1.807) is 23.8 Å². The summed E-state index contributed by atoms with van der Waals surface area (Å²) in [5, 5.41) is 11.2. The highest BCUT2D eigenvalue weighted by Gasteiger charge is 2.23.